The molecule has 0 aliphatic carbocycles. The number of nitro benzene ring substituents is 1. The van der Waals surface area contributed by atoms with Gasteiger partial charge in [-0.2, -0.15) is 0 Å². The molecule has 2 rings (SSSR count). The normalized spacial score (nSPS) is 10.3. The molecule has 0 radical (unpaired) electrons. The predicted molar refractivity (Wildman–Crippen MR) is 74.8 cm³/mol. The summed E-state index contributed by atoms with van der Waals surface area (Å²) in [7, 11) is 0. The van der Waals surface area contributed by atoms with Gasteiger partial charge in [0.15, 0.2) is 0 Å². The van der Waals surface area contributed by atoms with Crippen LogP contribution in [0.25, 0.3) is 0 Å². The van der Waals surface area contributed by atoms with Crippen molar-refractivity contribution < 1.29 is 4.92 Å². The zero-order valence-corrected chi connectivity index (χ0v) is 11.4. The van der Waals surface area contributed by atoms with E-state index in [1.807, 2.05) is 11.4 Å². The van der Waals surface area contributed by atoms with Crippen molar-refractivity contribution in [3.63, 3.8) is 0 Å². The SMILES string of the molecule is O=[N+]([O-])c1ccc(NCc2cc(Cl)cs2)c(Cl)c1. The average molecular weight is 303 g/mol. The van der Waals surface area contributed by atoms with Gasteiger partial charge in [0.1, 0.15) is 0 Å². The molecule has 4 nitrogen and oxygen atoms in total. The van der Waals surface area contributed by atoms with E-state index in [4.69, 9.17) is 23.2 Å². The van der Waals surface area contributed by atoms with Crippen molar-refractivity contribution in [3.05, 3.63) is 54.7 Å². The van der Waals surface area contributed by atoms with Crippen LogP contribution < -0.4 is 5.32 Å². The number of benzene rings is 1. The zero-order chi connectivity index (χ0) is 13.1. The fourth-order valence-corrected chi connectivity index (χ4v) is 2.64. The standard InChI is InChI=1S/C11H8Cl2N2O2S/c12-7-3-9(18-6-7)5-14-11-2-1-8(15(16)17)4-10(11)13/h1-4,6,14H,5H2. The summed E-state index contributed by atoms with van der Waals surface area (Å²) in [6.45, 7) is 0.578. The van der Waals surface area contributed by atoms with Gasteiger partial charge in [-0.1, -0.05) is 23.2 Å². The Morgan fingerprint density at radius 3 is 2.67 bits per heavy atom. The molecule has 1 aromatic heterocycles. The maximum absolute atomic E-state index is 10.6. The topological polar surface area (TPSA) is 55.2 Å². The third-order valence-corrected chi connectivity index (χ3v) is 3.84. The lowest BCUT2D eigenvalue weighted by Crippen LogP contribution is -1.98. The highest BCUT2D eigenvalue weighted by atomic mass is 35.5. The van der Waals surface area contributed by atoms with E-state index in [9.17, 15) is 10.1 Å². The first-order valence-electron chi connectivity index (χ1n) is 4.97. The van der Waals surface area contributed by atoms with Crippen LogP contribution in [-0.4, -0.2) is 4.92 Å². The lowest BCUT2D eigenvalue weighted by Gasteiger charge is -2.06. The van der Waals surface area contributed by atoms with Crippen molar-refractivity contribution in [2.45, 2.75) is 6.54 Å². The highest BCUT2D eigenvalue weighted by molar-refractivity contribution is 7.10. The van der Waals surface area contributed by atoms with Crippen molar-refractivity contribution in [3.8, 4) is 0 Å². The molecule has 0 aliphatic rings. The number of halogens is 2. The van der Waals surface area contributed by atoms with Crippen molar-refractivity contribution in [1.82, 2.24) is 0 Å². The van der Waals surface area contributed by atoms with E-state index in [1.54, 1.807) is 6.07 Å². The maximum atomic E-state index is 10.6. The summed E-state index contributed by atoms with van der Waals surface area (Å²) in [6.07, 6.45) is 0. The van der Waals surface area contributed by atoms with E-state index in [0.717, 1.165) is 4.88 Å². The second-order valence-electron chi connectivity index (χ2n) is 3.51. The molecule has 0 fully saturated rings. The van der Waals surface area contributed by atoms with Gasteiger partial charge in [-0.25, -0.2) is 0 Å². The van der Waals surface area contributed by atoms with Crippen LogP contribution >= 0.6 is 34.5 Å². The first kappa shape index (κ1) is 13.1. The molecule has 0 bridgehead atoms. The lowest BCUT2D eigenvalue weighted by molar-refractivity contribution is -0.384. The fraction of sp³-hybridized carbons (Fsp3) is 0.0909. The molecule has 0 aliphatic heterocycles. The summed E-state index contributed by atoms with van der Waals surface area (Å²) in [6, 6.07) is 6.19. The van der Waals surface area contributed by atoms with Crippen LogP contribution in [0, 0.1) is 10.1 Å². The highest BCUT2D eigenvalue weighted by Gasteiger charge is 2.09. The Labute approximate surface area is 117 Å². The number of nitro groups is 1. The van der Waals surface area contributed by atoms with E-state index in [-0.39, 0.29) is 5.69 Å². The molecule has 1 aromatic carbocycles. The predicted octanol–water partition coefficient (Wildman–Crippen LogP) is 4.58. The second-order valence-corrected chi connectivity index (χ2v) is 5.35. The molecule has 0 saturated carbocycles. The van der Waals surface area contributed by atoms with E-state index in [2.05, 4.69) is 5.32 Å². The first-order valence-corrected chi connectivity index (χ1v) is 6.60. The van der Waals surface area contributed by atoms with Crippen LogP contribution in [0.2, 0.25) is 10.0 Å². The molecule has 2 aromatic rings. The van der Waals surface area contributed by atoms with Crippen LogP contribution in [0.4, 0.5) is 11.4 Å². The number of anilines is 1. The van der Waals surface area contributed by atoms with Crippen LogP contribution in [0.1, 0.15) is 4.88 Å². The van der Waals surface area contributed by atoms with Crippen LogP contribution in [-0.2, 0) is 6.54 Å². The first-order chi connectivity index (χ1) is 8.56. The molecule has 0 saturated heterocycles. The third-order valence-electron chi connectivity index (χ3n) is 2.24. The van der Waals surface area contributed by atoms with Crippen LogP contribution in [0.3, 0.4) is 0 Å². The molecule has 0 atom stereocenters. The molecular formula is C11H8Cl2N2O2S. The lowest BCUT2D eigenvalue weighted by atomic mass is 10.3. The minimum absolute atomic E-state index is 0.0234. The Balaban J connectivity index is 2.08. The zero-order valence-electron chi connectivity index (χ0n) is 9.02. The molecule has 0 spiro atoms. The van der Waals surface area contributed by atoms with Gasteiger partial charge in [0.2, 0.25) is 0 Å². The quantitative estimate of drug-likeness (QED) is 0.664. The monoisotopic (exact) mass is 302 g/mol. The summed E-state index contributed by atoms with van der Waals surface area (Å²) >= 11 is 13.3. The summed E-state index contributed by atoms with van der Waals surface area (Å²) in [5, 5.41) is 16.5. The smallest absolute Gasteiger partial charge is 0.271 e. The number of non-ortho nitro benzene ring substituents is 1. The maximum Gasteiger partial charge on any atom is 0.271 e. The fourth-order valence-electron chi connectivity index (χ4n) is 1.39. The summed E-state index contributed by atoms with van der Waals surface area (Å²) in [5.74, 6) is 0. The molecule has 1 heterocycles. The van der Waals surface area contributed by atoms with Gasteiger partial charge in [0.25, 0.3) is 5.69 Å². The average Bonchev–Trinajstić information content (AvgIpc) is 2.73. The van der Waals surface area contributed by atoms with Gasteiger partial charge < -0.3 is 5.32 Å². The van der Waals surface area contributed by atoms with E-state index in [0.29, 0.717) is 22.3 Å². The van der Waals surface area contributed by atoms with E-state index < -0.39 is 4.92 Å². The van der Waals surface area contributed by atoms with Gasteiger partial charge in [-0.05, 0) is 12.1 Å². The number of nitrogens with one attached hydrogen (secondary N) is 1. The molecular weight excluding hydrogens is 295 g/mol. The van der Waals surface area contributed by atoms with Gasteiger partial charge >= 0.3 is 0 Å². The summed E-state index contributed by atoms with van der Waals surface area (Å²) in [5.41, 5.74) is 0.636. The van der Waals surface area contributed by atoms with E-state index >= 15 is 0 Å². The molecule has 7 heteroatoms. The second kappa shape index (κ2) is 5.56. The van der Waals surface area contributed by atoms with Gasteiger partial charge in [-0.3, -0.25) is 10.1 Å². The van der Waals surface area contributed by atoms with Crippen molar-refractivity contribution >= 4 is 45.9 Å². The number of hydrogen-bond acceptors (Lipinski definition) is 4. The number of rotatable bonds is 4. The molecule has 94 valence electrons. The number of nitrogens with zero attached hydrogens (tertiary/aromatic N) is 1. The Hall–Kier alpha value is -1.30. The highest BCUT2D eigenvalue weighted by Crippen LogP contribution is 2.28. The van der Waals surface area contributed by atoms with Crippen molar-refractivity contribution in [1.29, 1.82) is 0 Å². The minimum Gasteiger partial charge on any atom is -0.379 e. The van der Waals surface area contributed by atoms with E-state index in [1.165, 1.54) is 23.5 Å². The molecule has 0 unspecified atom stereocenters. The van der Waals surface area contributed by atoms with Gasteiger partial charge in [-0.15, -0.1) is 11.3 Å². The largest absolute Gasteiger partial charge is 0.379 e. The number of thiophene rings is 1. The third kappa shape index (κ3) is 3.13. The number of hydrogen-bond donors (Lipinski definition) is 1. The Morgan fingerprint density at radius 2 is 2.11 bits per heavy atom. The van der Waals surface area contributed by atoms with Gasteiger partial charge in [0, 0.05) is 28.9 Å². The Bertz CT molecular complexity index is 586. The Morgan fingerprint density at radius 1 is 1.33 bits per heavy atom. The summed E-state index contributed by atoms with van der Waals surface area (Å²) < 4.78 is 0. The van der Waals surface area contributed by atoms with Gasteiger partial charge in [0.05, 0.1) is 20.7 Å². The molecule has 0 amide bonds. The van der Waals surface area contributed by atoms with Crippen LogP contribution in [0.15, 0.2) is 29.6 Å². The summed E-state index contributed by atoms with van der Waals surface area (Å²) in [4.78, 5) is 11.1. The molecule has 18 heavy (non-hydrogen) atoms. The minimum atomic E-state index is -0.477. The van der Waals surface area contributed by atoms with Crippen molar-refractivity contribution in [2.24, 2.45) is 0 Å². The van der Waals surface area contributed by atoms with Crippen molar-refractivity contribution in [2.75, 3.05) is 5.32 Å². The molecule has 1 N–H and O–H groups in total. The Kier molecular flexibility index (Phi) is 4.06. The van der Waals surface area contributed by atoms with Crippen LogP contribution in [0.5, 0.6) is 0 Å².